The molecular formula is C28H23FN2O4S. The van der Waals surface area contributed by atoms with E-state index < -0.39 is 11.1 Å². The second kappa shape index (κ2) is 9.64. The van der Waals surface area contributed by atoms with E-state index in [4.69, 9.17) is 0 Å². The summed E-state index contributed by atoms with van der Waals surface area (Å²) in [5, 5.41) is 0. The molecule has 0 fully saturated rings. The molecule has 0 spiro atoms. The zero-order chi connectivity index (χ0) is 25.4. The van der Waals surface area contributed by atoms with Crippen LogP contribution in [0.4, 0.5) is 4.39 Å². The Labute approximate surface area is 210 Å². The zero-order valence-corrected chi connectivity index (χ0v) is 20.3. The number of hydrogen-bond donors (Lipinski definition) is 1. The molecule has 1 N–H and O–H groups in total. The van der Waals surface area contributed by atoms with Crippen LogP contribution in [0.15, 0.2) is 78.9 Å². The van der Waals surface area contributed by atoms with Crippen LogP contribution in [0.2, 0.25) is 0 Å². The van der Waals surface area contributed by atoms with Crippen molar-refractivity contribution in [3.05, 3.63) is 113 Å². The van der Waals surface area contributed by atoms with E-state index in [1.54, 1.807) is 48.5 Å². The van der Waals surface area contributed by atoms with E-state index in [-0.39, 0.29) is 29.9 Å². The molecule has 36 heavy (non-hydrogen) atoms. The van der Waals surface area contributed by atoms with Gasteiger partial charge in [-0.3, -0.25) is 14.5 Å². The lowest BCUT2D eigenvalue weighted by molar-refractivity contribution is 0.0656. The molecule has 0 saturated carbocycles. The van der Waals surface area contributed by atoms with E-state index >= 15 is 0 Å². The lowest BCUT2D eigenvalue weighted by Gasteiger charge is -2.14. The average Bonchev–Trinajstić information content (AvgIpc) is 3.32. The maximum atomic E-state index is 13.6. The zero-order valence-electron chi connectivity index (χ0n) is 19.5. The molecule has 0 aliphatic carbocycles. The van der Waals surface area contributed by atoms with Gasteiger partial charge in [0.2, 0.25) is 0 Å². The Morgan fingerprint density at radius 2 is 1.50 bits per heavy atom. The number of aromatic nitrogens is 1. The Balaban J connectivity index is 1.49. The first-order valence-electron chi connectivity index (χ1n) is 11.4. The van der Waals surface area contributed by atoms with E-state index in [2.05, 4.69) is 0 Å². The van der Waals surface area contributed by atoms with Crippen LogP contribution in [-0.2, 0) is 23.3 Å². The number of carbonyl (C=O) groups is 2. The highest BCUT2D eigenvalue weighted by Gasteiger charge is 2.34. The quantitative estimate of drug-likeness (QED) is 0.280. The minimum absolute atomic E-state index is 0.0454. The van der Waals surface area contributed by atoms with Crippen molar-refractivity contribution in [2.75, 3.05) is 6.54 Å². The average molecular weight is 503 g/mol. The molecule has 5 rings (SSSR count). The predicted octanol–water partition coefficient (Wildman–Crippen LogP) is 5.15. The van der Waals surface area contributed by atoms with Crippen LogP contribution in [0.25, 0.3) is 16.9 Å². The van der Waals surface area contributed by atoms with Crippen molar-refractivity contribution < 1.29 is 22.7 Å². The van der Waals surface area contributed by atoms with Crippen molar-refractivity contribution in [2.24, 2.45) is 0 Å². The molecule has 8 heteroatoms. The lowest BCUT2D eigenvalue weighted by Crippen LogP contribution is -2.31. The second-order valence-corrected chi connectivity index (χ2v) is 9.60. The molecule has 0 saturated heterocycles. The van der Waals surface area contributed by atoms with Gasteiger partial charge in [0.1, 0.15) is 5.82 Å². The summed E-state index contributed by atoms with van der Waals surface area (Å²) < 4.78 is 36.0. The highest BCUT2D eigenvalue weighted by atomic mass is 32.2. The molecule has 4 aromatic rings. The van der Waals surface area contributed by atoms with Gasteiger partial charge in [-0.1, -0.05) is 36.4 Å². The standard InChI is InChI=1S/C28H23FN2O4S/c1-18-21(14-15-30-27(32)24-4-2-3-5-25(24)28(30)33)16-26(31(18)23-12-10-22(29)11-13-23)20-8-6-19(7-9-20)17-36(34)35/h2-13,16H,14-15,17H2,1H3,(H,34,35). The third-order valence-corrected chi connectivity index (χ3v) is 7.04. The Morgan fingerprint density at radius 1 is 0.889 bits per heavy atom. The molecule has 1 unspecified atom stereocenters. The van der Waals surface area contributed by atoms with Crippen LogP contribution in [0.5, 0.6) is 0 Å². The smallest absolute Gasteiger partial charge is 0.261 e. The van der Waals surface area contributed by atoms with Crippen molar-refractivity contribution in [3.8, 4) is 16.9 Å². The molecule has 2 amide bonds. The number of amides is 2. The molecule has 2 heterocycles. The van der Waals surface area contributed by atoms with E-state index in [0.29, 0.717) is 17.5 Å². The predicted molar refractivity (Wildman–Crippen MR) is 136 cm³/mol. The van der Waals surface area contributed by atoms with E-state index in [1.165, 1.54) is 17.0 Å². The molecule has 1 aromatic heterocycles. The minimum Gasteiger partial charge on any atom is -0.314 e. The van der Waals surface area contributed by atoms with Gasteiger partial charge in [-0.15, -0.1) is 0 Å². The normalized spacial score (nSPS) is 13.8. The van der Waals surface area contributed by atoms with E-state index in [9.17, 15) is 22.7 Å². The Morgan fingerprint density at radius 3 is 2.08 bits per heavy atom. The monoisotopic (exact) mass is 502 g/mol. The molecule has 182 valence electrons. The molecule has 1 aliphatic heterocycles. The SMILES string of the molecule is Cc1c(CCN2C(=O)c3ccccc3C2=O)cc(-c2ccc(CS(=O)O)cc2)n1-c1ccc(F)cc1. The van der Waals surface area contributed by atoms with Crippen LogP contribution in [-0.4, -0.2) is 36.6 Å². The van der Waals surface area contributed by atoms with Crippen LogP contribution in [0.3, 0.4) is 0 Å². The first kappa shape index (κ1) is 23.8. The van der Waals surface area contributed by atoms with Gasteiger partial charge in [-0.25, -0.2) is 8.60 Å². The second-order valence-electron chi connectivity index (χ2n) is 8.67. The van der Waals surface area contributed by atoms with Crippen LogP contribution in [0, 0.1) is 12.7 Å². The van der Waals surface area contributed by atoms with Gasteiger partial charge >= 0.3 is 0 Å². The van der Waals surface area contributed by atoms with Gasteiger partial charge in [0.25, 0.3) is 11.8 Å². The summed E-state index contributed by atoms with van der Waals surface area (Å²) in [4.78, 5) is 26.9. The fraction of sp³-hybridized carbons (Fsp3) is 0.143. The fourth-order valence-electron chi connectivity index (χ4n) is 4.64. The highest BCUT2D eigenvalue weighted by Crippen LogP contribution is 2.31. The molecule has 3 aromatic carbocycles. The third kappa shape index (κ3) is 4.41. The van der Waals surface area contributed by atoms with Crippen LogP contribution in [0.1, 0.15) is 37.5 Å². The van der Waals surface area contributed by atoms with E-state index in [1.807, 2.05) is 29.7 Å². The number of halogens is 1. The van der Waals surface area contributed by atoms with E-state index in [0.717, 1.165) is 33.8 Å². The number of hydrogen-bond acceptors (Lipinski definition) is 3. The summed E-state index contributed by atoms with van der Waals surface area (Å²) in [5.74, 6) is -0.868. The number of imide groups is 1. The van der Waals surface area contributed by atoms with Crippen molar-refractivity contribution in [1.29, 1.82) is 0 Å². The van der Waals surface area contributed by atoms with Crippen LogP contribution >= 0.6 is 0 Å². The number of carbonyl (C=O) groups excluding carboxylic acids is 2. The third-order valence-electron chi connectivity index (χ3n) is 6.46. The summed E-state index contributed by atoms with van der Waals surface area (Å²) in [5.41, 5.74) is 5.95. The number of nitrogens with zero attached hydrogens (tertiary/aromatic N) is 2. The minimum atomic E-state index is -1.93. The highest BCUT2D eigenvalue weighted by molar-refractivity contribution is 7.78. The summed E-state index contributed by atoms with van der Waals surface area (Å²) in [6.07, 6.45) is 0.458. The maximum absolute atomic E-state index is 13.6. The van der Waals surface area contributed by atoms with Crippen molar-refractivity contribution >= 4 is 22.9 Å². The van der Waals surface area contributed by atoms with Gasteiger partial charge in [0.15, 0.2) is 11.1 Å². The number of benzene rings is 3. The summed E-state index contributed by atoms with van der Waals surface area (Å²) >= 11 is -1.93. The molecule has 0 bridgehead atoms. The van der Waals surface area contributed by atoms with Crippen molar-refractivity contribution in [1.82, 2.24) is 9.47 Å². The summed E-state index contributed by atoms with van der Waals surface area (Å²) in [6.45, 7) is 2.19. The summed E-state index contributed by atoms with van der Waals surface area (Å²) in [6, 6.07) is 22.4. The first-order valence-corrected chi connectivity index (χ1v) is 12.7. The first-order chi connectivity index (χ1) is 17.3. The Kier molecular flexibility index (Phi) is 6.38. The van der Waals surface area contributed by atoms with Crippen molar-refractivity contribution in [3.63, 3.8) is 0 Å². The topological polar surface area (TPSA) is 79.6 Å². The number of fused-ring (bicyclic) bond motifs is 1. The molecule has 1 atom stereocenters. The fourth-order valence-corrected chi connectivity index (χ4v) is 5.11. The van der Waals surface area contributed by atoms with Gasteiger partial charge in [0.05, 0.1) is 22.6 Å². The Bertz CT molecular complexity index is 1460. The largest absolute Gasteiger partial charge is 0.314 e. The molecule has 0 radical (unpaired) electrons. The molecule has 1 aliphatic rings. The molecule has 6 nitrogen and oxygen atoms in total. The lowest BCUT2D eigenvalue weighted by atomic mass is 10.1. The number of rotatable bonds is 7. The van der Waals surface area contributed by atoms with Crippen LogP contribution < -0.4 is 0 Å². The van der Waals surface area contributed by atoms with Gasteiger partial charge in [-0.05, 0) is 72.5 Å². The van der Waals surface area contributed by atoms with Gasteiger partial charge in [0, 0.05) is 17.9 Å². The molecular weight excluding hydrogens is 479 g/mol. The maximum Gasteiger partial charge on any atom is 0.261 e. The van der Waals surface area contributed by atoms with Crippen molar-refractivity contribution in [2.45, 2.75) is 19.1 Å². The Hall–Kier alpha value is -3.88. The van der Waals surface area contributed by atoms with Gasteiger partial charge < -0.3 is 9.12 Å². The van der Waals surface area contributed by atoms with Gasteiger partial charge in [-0.2, -0.15) is 0 Å². The summed E-state index contributed by atoms with van der Waals surface area (Å²) in [7, 11) is 0.